The number of piperazine rings is 1. The van der Waals surface area contributed by atoms with Crippen LogP contribution < -0.4 is 0 Å². The summed E-state index contributed by atoms with van der Waals surface area (Å²) in [5, 5.41) is 0. The minimum absolute atomic E-state index is 0.382. The number of hydrogen-bond acceptors (Lipinski definition) is 2. The van der Waals surface area contributed by atoms with E-state index in [9.17, 15) is 4.79 Å². The van der Waals surface area contributed by atoms with E-state index in [-0.39, 0.29) is 0 Å². The molecule has 0 bridgehead atoms. The summed E-state index contributed by atoms with van der Waals surface area (Å²) in [6.07, 6.45) is 9.13. The van der Waals surface area contributed by atoms with Gasteiger partial charge in [-0.3, -0.25) is 9.69 Å². The van der Waals surface area contributed by atoms with Gasteiger partial charge in [-0.25, -0.2) is 0 Å². The lowest BCUT2D eigenvalue weighted by Gasteiger charge is -2.40. The third-order valence-electron chi connectivity index (χ3n) is 4.92. The van der Waals surface area contributed by atoms with Crippen molar-refractivity contribution in [2.75, 3.05) is 26.2 Å². The van der Waals surface area contributed by atoms with Crippen molar-refractivity contribution in [2.45, 2.75) is 51.0 Å². The Kier molecular flexibility index (Phi) is 3.37. The first-order valence-electron chi connectivity index (χ1n) is 7.37. The Morgan fingerprint density at radius 1 is 0.824 bits per heavy atom. The molecule has 1 saturated heterocycles. The second kappa shape index (κ2) is 4.97. The van der Waals surface area contributed by atoms with Crippen LogP contribution in [0, 0.1) is 5.92 Å². The van der Waals surface area contributed by atoms with E-state index in [1.807, 2.05) is 0 Å². The molecule has 3 aliphatic rings. The third kappa shape index (κ3) is 2.35. The van der Waals surface area contributed by atoms with Gasteiger partial charge in [-0.1, -0.05) is 19.3 Å². The molecule has 1 heterocycles. The van der Waals surface area contributed by atoms with E-state index in [4.69, 9.17) is 0 Å². The van der Waals surface area contributed by atoms with E-state index in [1.54, 1.807) is 0 Å². The Balaban J connectivity index is 1.47. The summed E-state index contributed by atoms with van der Waals surface area (Å²) in [4.78, 5) is 16.9. The zero-order valence-electron chi connectivity index (χ0n) is 10.7. The molecule has 0 unspecified atom stereocenters. The van der Waals surface area contributed by atoms with E-state index in [0.717, 1.165) is 45.1 Å². The maximum atomic E-state index is 12.1. The predicted molar refractivity (Wildman–Crippen MR) is 67.8 cm³/mol. The fourth-order valence-electron chi connectivity index (χ4n) is 3.49. The van der Waals surface area contributed by atoms with E-state index >= 15 is 0 Å². The van der Waals surface area contributed by atoms with Crippen molar-refractivity contribution in [1.29, 1.82) is 0 Å². The second-order valence-corrected chi connectivity index (χ2v) is 5.93. The molecular weight excluding hydrogens is 212 g/mol. The molecule has 0 radical (unpaired) electrons. The first kappa shape index (κ1) is 11.5. The van der Waals surface area contributed by atoms with Crippen molar-refractivity contribution in [3.8, 4) is 0 Å². The van der Waals surface area contributed by atoms with Gasteiger partial charge in [-0.05, 0) is 25.7 Å². The number of nitrogens with zero attached hydrogens (tertiary/aromatic N) is 2. The number of carbonyl (C=O) groups is 1. The van der Waals surface area contributed by atoms with Crippen LogP contribution in [-0.4, -0.2) is 47.9 Å². The van der Waals surface area contributed by atoms with Gasteiger partial charge in [0.25, 0.3) is 0 Å². The molecule has 0 aromatic rings. The highest BCUT2D eigenvalue weighted by molar-refractivity contribution is 5.79. The summed E-state index contributed by atoms with van der Waals surface area (Å²) in [6.45, 7) is 4.18. The number of hydrogen-bond donors (Lipinski definition) is 0. The van der Waals surface area contributed by atoms with E-state index in [2.05, 4.69) is 9.80 Å². The minimum atomic E-state index is 0.382. The summed E-state index contributed by atoms with van der Waals surface area (Å²) in [7, 11) is 0. The molecule has 1 aliphatic heterocycles. The van der Waals surface area contributed by atoms with Crippen LogP contribution in [0.4, 0.5) is 0 Å². The topological polar surface area (TPSA) is 23.6 Å². The molecule has 1 amide bonds. The van der Waals surface area contributed by atoms with Gasteiger partial charge < -0.3 is 4.90 Å². The summed E-state index contributed by atoms with van der Waals surface area (Å²) in [5.74, 6) is 0.829. The predicted octanol–water partition coefficient (Wildman–Crippen LogP) is 1.87. The van der Waals surface area contributed by atoms with Crippen molar-refractivity contribution in [3.63, 3.8) is 0 Å². The highest BCUT2D eigenvalue weighted by Crippen LogP contribution is 2.29. The van der Waals surface area contributed by atoms with Gasteiger partial charge in [0, 0.05) is 38.1 Å². The van der Waals surface area contributed by atoms with Crippen LogP contribution in [0.25, 0.3) is 0 Å². The van der Waals surface area contributed by atoms with Crippen LogP contribution in [0.2, 0.25) is 0 Å². The van der Waals surface area contributed by atoms with Crippen LogP contribution in [0.1, 0.15) is 44.9 Å². The van der Waals surface area contributed by atoms with E-state index < -0.39 is 0 Å². The smallest absolute Gasteiger partial charge is 0.225 e. The molecule has 3 rings (SSSR count). The molecular formula is C14H24N2O. The first-order chi connectivity index (χ1) is 8.34. The third-order valence-corrected chi connectivity index (χ3v) is 4.92. The molecule has 2 saturated carbocycles. The maximum Gasteiger partial charge on any atom is 0.225 e. The molecule has 0 aromatic carbocycles. The Morgan fingerprint density at radius 3 is 2.00 bits per heavy atom. The zero-order valence-corrected chi connectivity index (χ0v) is 10.7. The molecule has 2 aliphatic carbocycles. The molecule has 0 aromatic heterocycles. The zero-order chi connectivity index (χ0) is 11.7. The normalized spacial score (nSPS) is 28.4. The molecule has 3 fully saturated rings. The van der Waals surface area contributed by atoms with Gasteiger partial charge in [0.1, 0.15) is 0 Å². The summed E-state index contributed by atoms with van der Waals surface area (Å²) in [5.41, 5.74) is 0. The number of amides is 1. The molecule has 17 heavy (non-hydrogen) atoms. The van der Waals surface area contributed by atoms with Crippen LogP contribution in [-0.2, 0) is 4.79 Å². The quantitative estimate of drug-likeness (QED) is 0.731. The van der Waals surface area contributed by atoms with Gasteiger partial charge in [0.05, 0.1) is 0 Å². The summed E-state index contributed by atoms with van der Waals surface area (Å²) >= 11 is 0. The highest BCUT2D eigenvalue weighted by Gasteiger charge is 2.32. The van der Waals surface area contributed by atoms with Crippen LogP contribution in [0.5, 0.6) is 0 Å². The average Bonchev–Trinajstić information content (AvgIpc) is 2.80. The minimum Gasteiger partial charge on any atom is -0.340 e. The number of carbonyl (C=O) groups excluding carboxylic acids is 1. The van der Waals surface area contributed by atoms with Gasteiger partial charge in [-0.15, -0.1) is 0 Å². The molecule has 0 atom stereocenters. The Morgan fingerprint density at radius 2 is 1.47 bits per heavy atom. The van der Waals surface area contributed by atoms with Crippen LogP contribution >= 0.6 is 0 Å². The fourth-order valence-corrected chi connectivity index (χ4v) is 3.49. The van der Waals surface area contributed by atoms with E-state index in [1.165, 1.54) is 32.1 Å². The molecule has 3 nitrogen and oxygen atoms in total. The van der Waals surface area contributed by atoms with Crippen LogP contribution in [0.3, 0.4) is 0 Å². The monoisotopic (exact) mass is 236 g/mol. The largest absolute Gasteiger partial charge is 0.340 e. The SMILES string of the molecule is O=C(C1CCC1)N1CCN(C2CCCC2)CC1. The highest BCUT2D eigenvalue weighted by atomic mass is 16.2. The molecule has 0 spiro atoms. The van der Waals surface area contributed by atoms with Crippen molar-refractivity contribution < 1.29 is 4.79 Å². The summed E-state index contributed by atoms with van der Waals surface area (Å²) < 4.78 is 0. The van der Waals surface area contributed by atoms with Crippen molar-refractivity contribution in [1.82, 2.24) is 9.80 Å². The Bertz CT molecular complexity index is 274. The lowest BCUT2D eigenvalue weighted by Crippen LogP contribution is -2.53. The van der Waals surface area contributed by atoms with Gasteiger partial charge in [0.2, 0.25) is 5.91 Å². The standard InChI is InChI=1S/C14H24N2O/c17-14(12-4-3-5-12)16-10-8-15(9-11-16)13-6-1-2-7-13/h12-13H,1-11H2. The van der Waals surface area contributed by atoms with Crippen LogP contribution in [0.15, 0.2) is 0 Å². The molecule has 0 N–H and O–H groups in total. The van der Waals surface area contributed by atoms with E-state index in [0.29, 0.717) is 11.8 Å². The first-order valence-corrected chi connectivity index (χ1v) is 7.37. The fraction of sp³-hybridized carbons (Fsp3) is 0.929. The Hall–Kier alpha value is -0.570. The maximum absolute atomic E-state index is 12.1. The van der Waals surface area contributed by atoms with Gasteiger partial charge in [-0.2, -0.15) is 0 Å². The average molecular weight is 236 g/mol. The molecule has 3 heteroatoms. The van der Waals surface area contributed by atoms with Gasteiger partial charge in [0.15, 0.2) is 0 Å². The molecule has 96 valence electrons. The van der Waals surface area contributed by atoms with Crippen molar-refractivity contribution in [2.24, 2.45) is 5.92 Å². The lowest BCUT2D eigenvalue weighted by molar-refractivity contribution is -0.140. The number of rotatable bonds is 2. The Labute approximate surface area is 104 Å². The lowest BCUT2D eigenvalue weighted by atomic mass is 9.84. The van der Waals surface area contributed by atoms with Crippen molar-refractivity contribution in [3.05, 3.63) is 0 Å². The van der Waals surface area contributed by atoms with Gasteiger partial charge >= 0.3 is 0 Å². The second-order valence-electron chi connectivity index (χ2n) is 5.93. The van der Waals surface area contributed by atoms with Crippen molar-refractivity contribution >= 4 is 5.91 Å². The summed E-state index contributed by atoms with van der Waals surface area (Å²) in [6, 6.07) is 0.830.